The first-order chi connectivity index (χ1) is 9.39. The number of hydrazine groups is 1. The van der Waals surface area contributed by atoms with Gasteiger partial charge in [-0.15, -0.1) is 0 Å². The average molecular weight is 284 g/mol. The van der Waals surface area contributed by atoms with Crippen LogP contribution in [0, 0.1) is 0 Å². The first-order valence-electron chi connectivity index (χ1n) is 5.99. The fourth-order valence-electron chi connectivity index (χ4n) is 2.06. The van der Waals surface area contributed by atoms with E-state index in [1.165, 1.54) is 11.9 Å². The third-order valence-electron chi connectivity index (χ3n) is 2.83. The molecule has 1 heterocycles. The minimum atomic E-state index is -4.23. The van der Waals surface area contributed by atoms with Crippen LogP contribution in [0.15, 0.2) is 30.3 Å². The third-order valence-corrected chi connectivity index (χ3v) is 2.83. The lowest BCUT2D eigenvalue weighted by atomic mass is 10.1. The molecule has 3 N–H and O–H groups in total. The van der Waals surface area contributed by atoms with Gasteiger partial charge in [-0.2, -0.15) is 13.2 Å². The van der Waals surface area contributed by atoms with E-state index in [-0.39, 0.29) is 6.54 Å². The average Bonchev–Trinajstić information content (AvgIpc) is 2.35. The van der Waals surface area contributed by atoms with Crippen LogP contribution in [0.5, 0.6) is 0 Å². The quantitative estimate of drug-likeness (QED) is 0.669. The predicted octanol–water partition coefficient (Wildman–Crippen LogP) is 2.51. The molecule has 0 bridgehead atoms. The van der Waals surface area contributed by atoms with Gasteiger partial charge in [0.1, 0.15) is 5.82 Å². The van der Waals surface area contributed by atoms with Crippen molar-refractivity contribution in [2.75, 3.05) is 19.0 Å². The summed E-state index contributed by atoms with van der Waals surface area (Å²) in [5.74, 6) is 5.78. The van der Waals surface area contributed by atoms with E-state index in [0.717, 1.165) is 10.9 Å². The number of halogens is 3. The van der Waals surface area contributed by atoms with E-state index in [9.17, 15) is 13.2 Å². The number of hydrogen-bond acceptors (Lipinski definition) is 4. The number of hydrogen-bond donors (Lipinski definition) is 2. The highest BCUT2D eigenvalue weighted by Crippen LogP contribution is 2.22. The summed E-state index contributed by atoms with van der Waals surface area (Å²) in [5, 5.41) is 0.863. The van der Waals surface area contributed by atoms with Crippen molar-refractivity contribution < 1.29 is 13.2 Å². The second-order valence-electron chi connectivity index (χ2n) is 4.62. The molecule has 1 aromatic carbocycles. The second kappa shape index (κ2) is 5.64. The van der Waals surface area contributed by atoms with E-state index in [2.05, 4.69) is 10.4 Å². The molecule has 0 atom stereocenters. The summed E-state index contributed by atoms with van der Waals surface area (Å²) in [5.41, 5.74) is 3.80. The van der Waals surface area contributed by atoms with Crippen molar-refractivity contribution in [3.8, 4) is 0 Å². The van der Waals surface area contributed by atoms with E-state index in [1.54, 1.807) is 6.07 Å². The van der Waals surface area contributed by atoms with Crippen LogP contribution in [-0.4, -0.2) is 29.7 Å². The normalized spacial score (nSPS) is 12.1. The van der Waals surface area contributed by atoms with Crippen LogP contribution in [-0.2, 0) is 6.54 Å². The van der Waals surface area contributed by atoms with E-state index < -0.39 is 12.7 Å². The van der Waals surface area contributed by atoms with Gasteiger partial charge in [-0.1, -0.05) is 18.2 Å². The molecule has 0 spiro atoms. The number of nitrogens with one attached hydrogen (secondary N) is 1. The standard InChI is InChI=1S/C13H15F3N4/c1-20(8-13(14,15)16)7-10-6-9-4-2-3-5-11(9)18-12(10)19-17/h2-6H,7-8,17H2,1H3,(H,18,19). The molecular formula is C13H15F3N4. The Balaban J connectivity index is 2.28. The summed E-state index contributed by atoms with van der Waals surface area (Å²) in [6, 6.07) is 9.16. The number of nitrogen functional groups attached to an aromatic ring is 1. The smallest absolute Gasteiger partial charge is 0.308 e. The topological polar surface area (TPSA) is 54.2 Å². The fourth-order valence-corrected chi connectivity index (χ4v) is 2.06. The number of rotatable bonds is 4. The summed E-state index contributed by atoms with van der Waals surface area (Å²) in [7, 11) is 1.41. The summed E-state index contributed by atoms with van der Waals surface area (Å²) in [6.45, 7) is -0.874. The van der Waals surface area contributed by atoms with E-state index in [0.29, 0.717) is 11.4 Å². The monoisotopic (exact) mass is 284 g/mol. The number of aromatic nitrogens is 1. The van der Waals surface area contributed by atoms with E-state index in [1.807, 2.05) is 24.3 Å². The number of pyridine rings is 1. The minimum absolute atomic E-state index is 0.108. The van der Waals surface area contributed by atoms with Crippen molar-refractivity contribution >= 4 is 16.7 Å². The Morgan fingerprint density at radius 1 is 1.30 bits per heavy atom. The maximum absolute atomic E-state index is 12.3. The molecule has 0 unspecified atom stereocenters. The zero-order chi connectivity index (χ0) is 14.8. The van der Waals surface area contributed by atoms with Crippen LogP contribution in [0.1, 0.15) is 5.56 Å². The van der Waals surface area contributed by atoms with Gasteiger partial charge in [0.15, 0.2) is 0 Å². The number of para-hydroxylation sites is 1. The summed E-state index contributed by atoms with van der Waals surface area (Å²) in [4.78, 5) is 5.47. The molecule has 2 aromatic rings. The molecule has 108 valence electrons. The molecule has 0 aliphatic carbocycles. The zero-order valence-corrected chi connectivity index (χ0v) is 10.9. The Kier molecular flexibility index (Phi) is 4.10. The number of nitrogens with zero attached hydrogens (tertiary/aromatic N) is 2. The van der Waals surface area contributed by atoms with Gasteiger partial charge in [0, 0.05) is 17.5 Å². The summed E-state index contributed by atoms with van der Waals surface area (Å²) >= 11 is 0. The van der Waals surface area contributed by atoms with Crippen molar-refractivity contribution in [1.29, 1.82) is 0 Å². The largest absolute Gasteiger partial charge is 0.401 e. The third kappa shape index (κ3) is 3.58. The van der Waals surface area contributed by atoms with E-state index in [4.69, 9.17) is 5.84 Å². The Bertz CT molecular complexity index is 598. The van der Waals surface area contributed by atoms with Gasteiger partial charge in [0.05, 0.1) is 12.1 Å². The molecule has 4 nitrogen and oxygen atoms in total. The first-order valence-corrected chi connectivity index (χ1v) is 5.99. The van der Waals surface area contributed by atoms with Gasteiger partial charge >= 0.3 is 6.18 Å². The Morgan fingerprint density at radius 3 is 2.65 bits per heavy atom. The highest BCUT2D eigenvalue weighted by Gasteiger charge is 2.29. The minimum Gasteiger partial charge on any atom is -0.308 e. The van der Waals surface area contributed by atoms with Crippen molar-refractivity contribution in [1.82, 2.24) is 9.88 Å². The van der Waals surface area contributed by atoms with Crippen LogP contribution >= 0.6 is 0 Å². The van der Waals surface area contributed by atoms with Crippen LogP contribution in [0.25, 0.3) is 10.9 Å². The van der Waals surface area contributed by atoms with Gasteiger partial charge in [-0.25, -0.2) is 10.8 Å². The molecule has 0 fully saturated rings. The number of benzene rings is 1. The SMILES string of the molecule is CN(Cc1cc2ccccc2nc1NN)CC(F)(F)F. The van der Waals surface area contributed by atoms with Gasteiger partial charge in [0.2, 0.25) is 0 Å². The van der Waals surface area contributed by atoms with Crippen molar-refractivity contribution in [3.05, 3.63) is 35.9 Å². The molecular weight excluding hydrogens is 269 g/mol. The van der Waals surface area contributed by atoms with Gasteiger partial charge < -0.3 is 5.43 Å². The molecule has 0 saturated heterocycles. The molecule has 0 saturated carbocycles. The maximum atomic E-state index is 12.3. The molecule has 2 rings (SSSR count). The van der Waals surface area contributed by atoms with Crippen LogP contribution < -0.4 is 11.3 Å². The van der Waals surface area contributed by atoms with Crippen LogP contribution in [0.4, 0.5) is 19.0 Å². The van der Waals surface area contributed by atoms with E-state index >= 15 is 0 Å². The molecule has 1 aromatic heterocycles. The highest BCUT2D eigenvalue weighted by atomic mass is 19.4. The number of nitrogens with two attached hydrogens (primary N) is 1. The molecule has 0 amide bonds. The van der Waals surface area contributed by atoms with Crippen LogP contribution in [0.2, 0.25) is 0 Å². The Hall–Kier alpha value is -1.86. The van der Waals surface area contributed by atoms with Crippen molar-refractivity contribution in [2.24, 2.45) is 5.84 Å². The van der Waals surface area contributed by atoms with Gasteiger partial charge in [-0.05, 0) is 19.2 Å². The van der Waals surface area contributed by atoms with Crippen molar-refractivity contribution in [2.45, 2.75) is 12.7 Å². The number of alkyl halides is 3. The fraction of sp³-hybridized carbons (Fsp3) is 0.308. The predicted molar refractivity (Wildman–Crippen MR) is 71.9 cm³/mol. The number of fused-ring (bicyclic) bond motifs is 1. The first kappa shape index (κ1) is 14.5. The Morgan fingerprint density at radius 2 is 2.00 bits per heavy atom. The molecule has 20 heavy (non-hydrogen) atoms. The Labute approximate surface area is 114 Å². The number of anilines is 1. The maximum Gasteiger partial charge on any atom is 0.401 e. The van der Waals surface area contributed by atoms with Crippen LogP contribution in [0.3, 0.4) is 0 Å². The molecule has 7 heteroatoms. The molecule has 0 aliphatic heterocycles. The lowest BCUT2D eigenvalue weighted by Crippen LogP contribution is -2.31. The zero-order valence-electron chi connectivity index (χ0n) is 10.9. The van der Waals surface area contributed by atoms with Gasteiger partial charge in [0.25, 0.3) is 0 Å². The highest BCUT2D eigenvalue weighted by molar-refractivity contribution is 5.81. The summed E-state index contributed by atoms with van der Waals surface area (Å²) < 4.78 is 37.0. The summed E-state index contributed by atoms with van der Waals surface area (Å²) in [6.07, 6.45) is -4.23. The lowest BCUT2D eigenvalue weighted by molar-refractivity contribution is -0.144. The molecule has 0 aliphatic rings. The van der Waals surface area contributed by atoms with Crippen molar-refractivity contribution in [3.63, 3.8) is 0 Å². The molecule has 0 radical (unpaired) electrons. The lowest BCUT2D eigenvalue weighted by Gasteiger charge is -2.20. The second-order valence-corrected chi connectivity index (χ2v) is 4.62. The van der Waals surface area contributed by atoms with Gasteiger partial charge in [-0.3, -0.25) is 4.90 Å².